The van der Waals surface area contributed by atoms with Crippen molar-refractivity contribution >= 4 is 0 Å². The molecule has 0 aliphatic heterocycles. The van der Waals surface area contributed by atoms with E-state index in [0.717, 1.165) is 12.3 Å². The maximum absolute atomic E-state index is 14.6. The third kappa shape index (κ3) is 5.90. The van der Waals surface area contributed by atoms with Gasteiger partial charge >= 0.3 is 0 Å². The first kappa shape index (κ1) is 23.8. The monoisotopic (exact) mass is 434 g/mol. The fourth-order valence-electron chi connectivity index (χ4n) is 4.96. The first-order chi connectivity index (χ1) is 14.9. The highest BCUT2D eigenvalue weighted by molar-refractivity contribution is 5.30. The van der Waals surface area contributed by atoms with Gasteiger partial charge in [-0.05, 0) is 66.2 Å². The van der Waals surface area contributed by atoms with E-state index >= 15 is 0 Å². The smallest absolute Gasteiger partial charge is 0.162 e. The van der Waals surface area contributed by atoms with Gasteiger partial charge in [0.25, 0.3) is 0 Å². The summed E-state index contributed by atoms with van der Waals surface area (Å²) >= 11 is 0. The van der Waals surface area contributed by atoms with E-state index in [1.807, 2.05) is 0 Å². The Bertz CT molecular complexity index is 866. The molecule has 0 aromatic heterocycles. The van der Waals surface area contributed by atoms with Crippen LogP contribution in [0.2, 0.25) is 0 Å². The number of rotatable bonds is 9. The summed E-state index contributed by atoms with van der Waals surface area (Å²) in [5.41, 5.74) is 1.14. The van der Waals surface area contributed by atoms with Crippen LogP contribution in [0.15, 0.2) is 24.3 Å². The Kier molecular flexibility index (Phi) is 8.57. The van der Waals surface area contributed by atoms with Crippen LogP contribution in [0, 0.1) is 35.1 Å². The molecule has 0 amide bonds. The van der Waals surface area contributed by atoms with E-state index in [4.69, 9.17) is 0 Å². The zero-order chi connectivity index (χ0) is 22.4. The molecule has 0 spiro atoms. The molecule has 0 bridgehead atoms. The van der Waals surface area contributed by atoms with Gasteiger partial charge in [-0.3, -0.25) is 0 Å². The standard InChI is InChI=1S/C27H34F4/c1-3-5-18-6-8-19(9-7-18)10-11-21-14-15-23(27(31)26(21)30)17-16-22-13-12-20(4-2)24(28)25(22)29/h12-15,18-19H,3-11,16-17H2,1-2H3. The largest absolute Gasteiger partial charge is 0.203 e. The van der Waals surface area contributed by atoms with Crippen LogP contribution in [-0.2, 0) is 25.7 Å². The van der Waals surface area contributed by atoms with E-state index in [1.54, 1.807) is 25.1 Å². The summed E-state index contributed by atoms with van der Waals surface area (Å²) in [6, 6.07) is 6.35. The van der Waals surface area contributed by atoms with Crippen LogP contribution < -0.4 is 0 Å². The fourth-order valence-corrected chi connectivity index (χ4v) is 4.96. The van der Waals surface area contributed by atoms with Gasteiger partial charge in [0.2, 0.25) is 0 Å². The minimum atomic E-state index is -0.884. The quantitative estimate of drug-likeness (QED) is 0.350. The number of hydrogen-bond acceptors (Lipinski definition) is 0. The molecule has 1 saturated carbocycles. The zero-order valence-electron chi connectivity index (χ0n) is 18.8. The lowest BCUT2D eigenvalue weighted by molar-refractivity contribution is 0.251. The molecule has 1 aliphatic carbocycles. The Balaban J connectivity index is 1.58. The summed E-state index contributed by atoms with van der Waals surface area (Å²) in [6.45, 7) is 3.98. The molecule has 2 aromatic carbocycles. The molecule has 2 aromatic rings. The van der Waals surface area contributed by atoms with E-state index < -0.39 is 23.3 Å². The maximum atomic E-state index is 14.6. The molecule has 0 atom stereocenters. The van der Waals surface area contributed by atoms with Gasteiger partial charge in [-0.25, -0.2) is 17.6 Å². The summed E-state index contributed by atoms with van der Waals surface area (Å²) < 4.78 is 57.4. The van der Waals surface area contributed by atoms with Crippen molar-refractivity contribution in [3.63, 3.8) is 0 Å². The normalized spacial score (nSPS) is 19.0. The van der Waals surface area contributed by atoms with Crippen molar-refractivity contribution in [3.05, 3.63) is 69.8 Å². The van der Waals surface area contributed by atoms with Crippen molar-refractivity contribution in [2.75, 3.05) is 0 Å². The Labute approximate surface area is 184 Å². The lowest BCUT2D eigenvalue weighted by Gasteiger charge is -2.28. The van der Waals surface area contributed by atoms with E-state index in [1.165, 1.54) is 44.6 Å². The molecule has 4 heteroatoms. The van der Waals surface area contributed by atoms with Gasteiger partial charge in [-0.15, -0.1) is 0 Å². The van der Waals surface area contributed by atoms with Crippen LogP contribution in [0.1, 0.15) is 81.0 Å². The predicted octanol–water partition coefficient (Wildman–Crippen LogP) is 8.13. The van der Waals surface area contributed by atoms with Gasteiger partial charge < -0.3 is 0 Å². The molecular formula is C27H34F4. The summed E-state index contributed by atoms with van der Waals surface area (Å²) in [6.07, 6.45) is 9.52. The molecule has 170 valence electrons. The molecule has 31 heavy (non-hydrogen) atoms. The van der Waals surface area contributed by atoms with Crippen LogP contribution in [0.25, 0.3) is 0 Å². The van der Waals surface area contributed by atoms with Gasteiger partial charge in [-0.1, -0.05) is 76.6 Å². The minimum Gasteiger partial charge on any atom is -0.203 e. The minimum absolute atomic E-state index is 0.128. The van der Waals surface area contributed by atoms with Gasteiger partial charge in [0.05, 0.1) is 0 Å². The molecule has 0 N–H and O–H groups in total. The van der Waals surface area contributed by atoms with E-state index in [9.17, 15) is 17.6 Å². The lowest BCUT2D eigenvalue weighted by Crippen LogP contribution is -2.15. The fraction of sp³-hybridized carbons (Fsp3) is 0.556. The second-order valence-electron chi connectivity index (χ2n) is 9.09. The van der Waals surface area contributed by atoms with Crippen molar-refractivity contribution in [1.29, 1.82) is 0 Å². The van der Waals surface area contributed by atoms with Crippen molar-refractivity contribution < 1.29 is 17.6 Å². The van der Waals surface area contributed by atoms with Crippen LogP contribution in [0.5, 0.6) is 0 Å². The topological polar surface area (TPSA) is 0 Å². The molecular weight excluding hydrogens is 400 g/mol. The first-order valence-electron chi connectivity index (χ1n) is 11.9. The van der Waals surface area contributed by atoms with Crippen molar-refractivity contribution in [1.82, 2.24) is 0 Å². The molecule has 3 rings (SSSR count). The summed E-state index contributed by atoms with van der Waals surface area (Å²) in [7, 11) is 0. The van der Waals surface area contributed by atoms with Gasteiger partial charge in [-0.2, -0.15) is 0 Å². The van der Waals surface area contributed by atoms with Crippen LogP contribution >= 0.6 is 0 Å². The third-order valence-electron chi connectivity index (χ3n) is 7.01. The molecule has 1 aliphatic rings. The van der Waals surface area contributed by atoms with Gasteiger partial charge in [0.1, 0.15) is 0 Å². The van der Waals surface area contributed by atoms with Gasteiger partial charge in [0.15, 0.2) is 23.3 Å². The van der Waals surface area contributed by atoms with E-state index in [2.05, 4.69) is 6.92 Å². The first-order valence-corrected chi connectivity index (χ1v) is 11.9. The number of halogens is 4. The Morgan fingerprint density at radius 3 is 1.42 bits per heavy atom. The van der Waals surface area contributed by atoms with Gasteiger partial charge in [0, 0.05) is 0 Å². The summed E-state index contributed by atoms with van der Waals surface area (Å²) in [5, 5.41) is 0. The molecule has 0 saturated heterocycles. The molecule has 1 fully saturated rings. The van der Waals surface area contributed by atoms with Crippen molar-refractivity contribution in [3.8, 4) is 0 Å². The predicted molar refractivity (Wildman–Crippen MR) is 118 cm³/mol. The number of benzene rings is 2. The SMILES string of the molecule is CCCC1CCC(CCc2ccc(CCc3ccc(CC)c(F)c3F)c(F)c2F)CC1. The molecule has 0 nitrogen and oxygen atoms in total. The second kappa shape index (κ2) is 11.2. The highest BCUT2D eigenvalue weighted by atomic mass is 19.2. The number of hydrogen-bond donors (Lipinski definition) is 0. The molecule has 0 unspecified atom stereocenters. The van der Waals surface area contributed by atoms with E-state index in [0.29, 0.717) is 29.9 Å². The summed E-state index contributed by atoms with van der Waals surface area (Å²) in [5.74, 6) is -1.93. The lowest BCUT2D eigenvalue weighted by atomic mass is 9.78. The zero-order valence-corrected chi connectivity index (χ0v) is 18.8. The molecule has 0 heterocycles. The highest BCUT2D eigenvalue weighted by Gasteiger charge is 2.22. The van der Waals surface area contributed by atoms with Crippen LogP contribution in [0.4, 0.5) is 17.6 Å². The Hall–Kier alpha value is -1.84. The third-order valence-corrected chi connectivity index (χ3v) is 7.01. The highest BCUT2D eigenvalue weighted by Crippen LogP contribution is 2.34. The second-order valence-corrected chi connectivity index (χ2v) is 9.09. The average Bonchev–Trinajstić information content (AvgIpc) is 2.78. The maximum Gasteiger partial charge on any atom is 0.162 e. The average molecular weight is 435 g/mol. The Morgan fingerprint density at radius 2 is 0.968 bits per heavy atom. The summed E-state index contributed by atoms with van der Waals surface area (Å²) in [4.78, 5) is 0. The number of aryl methyl sites for hydroxylation is 4. The van der Waals surface area contributed by atoms with Crippen molar-refractivity contribution in [2.24, 2.45) is 11.8 Å². The Morgan fingerprint density at radius 1 is 0.581 bits per heavy atom. The van der Waals surface area contributed by atoms with Crippen molar-refractivity contribution in [2.45, 2.75) is 84.5 Å². The van der Waals surface area contributed by atoms with Crippen LogP contribution in [0.3, 0.4) is 0 Å². The molecule has 0 radical (unpaired) electrons. The van der Waals surface area contributed by atoms with Crippen LogP contribution in [-0.4, -0.2) is 0 Å². The van der Waals surface area contributed by atoms with E-state index in [-0.39, 0.29) is 24.0 Å².